The van der Waals surface area contributed by atoms with E-state index in [4.69, 9.17) is 10.5 Å². The molecule has 0 bridgehead atoms. The van der Waals surface area contributed by atoms with E-state index in [1.165, 1.54) is 0 Å². The van der Waals surface area contributed by atoms with Crippen LogP contribution in [0.5, 0.6) is 5.75 Å². The molecule has 3 N–H and O–H groups in total. The largest absolute Gasteiger partial charge is 0.483 e. The molecule has 0 atom stereocenters. The van der Waals surface area contributed by atoms with Crippen molar-refractivity contribution < 1.29 is 14.3 Å². The Balaban J connectivity index is 1.52. The lowest BCUT2D eigenvalue weighted by Crippen LogP contribution is -2.21. The van der Waals surface area contributed by atoms with Crippen LogP contribution < -0.4 is 15.8 Å². The van der Waals surface area contributed by atoms with Gasteiger partial charge >= 0.3 is 0 Å². The molecule has 0 aliphatic heterocycles. The number of imidazole rings is 1. The maximum atomic E-state index is 12.6. The van der Waals surface area contributed by atoms with Gasteiger partial charge in [-0.05, 0) is 48.5 Å². The summed E-state index contributed by atoms with van der Waals surface area (Å²) < 4.78 is 7.30. The highest BCUT2D eigenvalue weighted by molar-refractivity contribution is 6.06. The van der Waals surface area contributed by atoms with Crippen molar-refractivity contribution in [1.29, 1.82) is 0 Å². The first kappa shape index (κ1) is 18.2. The van der Waals surface area contributed by atoms with Crippen molar-refractivity contribution in [2.75, 3.05) is 11.9 Å². The standard InChI is InChI=1S/C22H18N4O3/c23-21(27)13-29-20-8-4-1-5-17(20)22(28)25-15-9-11-16(12-10-15)26-14-24-18-6-2-3-7-19(18)26/h1-12,14H,13H2,(H2,23,27)(H,25,28). The normalized spacial score (nSPS) is 10.6. The van der Waals surface area contributed by atoms with Crippen LogP contribution in [0.2, 0.25) is 0 Å². The monoisotopic (exact) mass is 386 g/mol. The number of hydrogen-bond acceptors (Lipinski definition) is 4. The molecule has 0 radical (unpaired) electrons. The molecule has 2 amide bonds. The number of para-hydroxylation sites is 3. The number of aromatic nitrogens is 2. The van der Waals surface area contributed by atoms with Crippen molar-refractivity contribution in [3.8, 4) is 11.4 Å². The number of hydrogen-bond donors (Lipinski definition) is 2. The van der Waals surface area contributed by atoms with E-state index in [-0.39, 0.29) is 12.5 Å². The number of carbonyl (C=O) groups is 2. The minimum atomic E-state index is -0.608. The van der Waals surface area contributed by atoms with Crippen molar-refractivity contribution in [3.05, 3.63) is 84.7 Å². The molecule has 0 unspecified atom stereocenters. The molecular weight excluding hydrogens is 368 g/mol. The van der Waals surface area contributed by atoms with Crippen LogP contribution in [0.25, 0.3) is 16.7 Å². The average Bonchev–Trinajstić information content (AvgIpc) is 3.17. The van der Waals surface area contributed by atoms with Crippen LogP contribution in [-0.4, -0.2) is 28.0 Å². The first-order chi connectivity index (χ1) is 14.1. The van der Waals surface area contributed by atoms with E-state index in [2.05, 4.69) is 10.3 Å². The van der Waals surface area contributed by atoms with Crippen molar-refractivity contribution >= 4 is 28.5 Å². The molecule has 1 heterocycles. The highest BCUT2D eigenvalue weighted by atomic mass is 16.5. The molecule has 4 aromatic rings. The highest BCUT2D eigenvalue weighted by Crippen LogP contribution is 2.22. The highest BCUT2D eigenvalue weighted by Gasteiger charge is 2.13. The maximum absolute atomic E-state index is 12.6. The molecule has 4 rings (SSSR count). The summed E-state index contributed by atoms with van der Waals surface area (Å²) in [4.78, 5) is 28.0. The van der Waals surface area contributed by atoms with Crippen LogP contribution in [0.15, 0.2) is 79.1 Å². The summed E-state index contributed by atoms with van der Waals surface area (Å²) in [5, 5.41) is 2.84. The lowest BCUT2D eigenvalue weighted by molar-refractivity contribution is -0.119. The first-order valence-corrected chi connectivity index (χ1v) is 8.96. The summed E-state index contributed by atoms with van der Waals surface area (Å²) in [6.45, 7) is -0.294. The molecule has 7 nitrogen and oxygen atoms in total. The molecule has 0 spiro atoms. The summed E-state index contributed by atoms with van der Waals surface area (Å²) >= 11 is 0. The van der Waals surface area contributed by atoms with E-state index >= 15 is 0 Å². The smallest absolute Gasteiger partial charge is 0.259 e. The first-order valence-electron chi connectivity index (χ1n) is 8.96. The lowest BCUT2D eigenvalue weighted by atomic mass is 10.1. The van der Waals surface area contributed by atoms with E-state index in [0.29, 0.717) is 17.0 Å². The second kappa shape index (κ2) is 7.85. The Kier molecular flexibility index (Phi) is 4.94. The van der Waals surface area contributed by atoms with Crippen LogP contribution in [0, 0.1) is 0 Å². The summed E-state index contributed by atoms with van der Waals surface area (Å²) in [6, 6.07) is 22.0. The Labute approximate surface area is 166 Å². The van der Waals surface area contributed by atoms with Gasteiger partial charge in [-0.25, -0.2) is 4.98 Å². The number of amides is 2. The number of carbonyl (C=O) groups excluding carboxylic acids is 2. The van der Waals surface area contributed by atoms with Gasteiger partial charge in [0, 0.05) is 11.4 Å². The van der Waals surface area contributed by atoms with Gasteiger partial charge in [0.25, 0.3) is 11.8 Å². The van der Waals surface area contributed by atoms with Crippen LogP contribution >= 0.6 is 0 Å². The zero-order valence-electron chi connectivity index (χ0n) is 15.4. The summed E-state index contributed by atoms with van der Waals surface area (Å²) in [5.41, 5.74) is 8.91. The lowest BCUT2D eigenvalue weighted by Gasteiger charge is -2.11. The van der Waals surface area contributed by atoms with Crippen LogP contribution in [0.4, 0.5) is 5.69 Å². The summed E-state index contributed by atoms with van der Waals surface area (Å²) in [7, 11) is 0. The van der Waals surface area contributed by atoms with Crippen LogP contribution in [0.1, 0.15) is 10.4 Å². The number of nitrogens with two attached hydrogens (primary N) is 1. The van der Waals surface area contributed by atoms with Gasteiger partial charge in [0.05, 0.1) is 16.6 Å². The van der Waals surface area contributed by atoms with E-state index < -0.39 is 5.91 Å². The average molecular weight is 386 g/mol. The molecule has 144 valence electrons. The quantitative estimate of drug-likeness (QED) is 0.532. The molecule has 0 aliphatic carbocycles. The van der Waals surface area contributed by atoms with E-state index in [1.807, 2.05) is 53.1 Å². The van der Waals surface area contributed by atoms with Gasteiger partial charge in [0.15, 0.2) is 6.61 Å². The Morgan fingerprint density at radius 1 is 0.966 bits per heavy atom. The molecule has 7 heteroatoms. The number of fused-ring (bicyclic) bond motifs is 1. The Hall–Kier alpha value is -4.13. The SMILES string of the molecule is NC(=O)COc1ccccc1C(=O)Nc1ccc(-n2cnc3ccccc32)cc1. The number of anilines is 1. The minimum absolute atomic E-state index is 0.294. The second-order valence-electron chi connectivity index (χ2n) is 6.36. The number of nitrogens with one attached hydrogen (secondary N) is 1. The molecule has 3 aromatic carbocycles. The number of nitrogens with zero attached hydrogens (tertiary/aromatic N) is 2. The fourth-order valence-electron chi connectivity index (χ4n) is 3.00. The molecule has 29 heavy (non-hydrogen) atoms. The number of primary amides is 1. The third-order valence-electron chi connectivity index (χ3n) is 4.36. The fourth-order valence-corrected chi connectivity index (χ4v) is 3.00. The van der Waals surface area contributed by atoms with Gasteiger partial charge in [-0.1, -0.05) is 24.3 Å². The molecule has 0 saturated heterocycles. The van der Waals surface area contributed by atoms with Gasteiger partial charge in [0.2, 0.25) is 0 Å². The Morgan fingerprint density at radius 3 is 2.48 bits per heavy atom. The summed E-state index contributed by atoms with van der Waals surface area (Å²) in [6.07, 6.45) is 1.77. The molecule has 0 aliphatic rings. The van der Waals surface area contributed by atoms with Gasteiger partial charge in [-0.2, -0.15) is 0 Å². The van der Waals surface area contributed by atoms with Gasteiger partial charge < -0.3 is 15.8 Å². The van der Waals surface area contributed by atoms with Gasteiger partial charge in [-0.3, -0.25) is 14.2 Å². The fraction of sp³-hybridized carbons (Fsp3) is 0.0455. The predicted molar refractivity (Wildman–Crippen MR) is 110 cm³/mol. The van der Waals surface area contributed by atoms with Gasteiger partial charge in [-0.15, -0.1) is 0 Å². The van der Waals surface area contributed by atoms with Crippen LogP contribution in [0.3, 0.4) is 0 Å². The molecule has 0 fully saturated rings. The zero-order valence-corrected chi connectivity index (χ0v) is 15.4. The second-order valence-corrected chi connectivity index (χ2v) is 6.36. The maximum Gasteiger partial charge on any atom is 0.259 e. The van der Waals surface area contributed by atoms with Gasteiger partial charge in [0.1, 0.15) is 12.1 Å². The number of ether oxygens (including phenoxy) is 1. The number of benzene rings is 3. The topological polar surface area (TPSA) is 99.2 Å². The Morgan fingerprint density at radius 2 is 1.69 bits per heavy atom. The van der Waals surface area contributed by atoms with Crippen molar-refractivity contribution in [1.82, 2.24) is 9.55 Å². The molecule has 1 aromatic heterocycles. The van der Waals surface area contributed by atoms with Crippen molar-refractivity contribution in [3.63, 3.8) is 0 Å². The van der Waals surface area contributed by atoms with E-state index in [0.717, 1.165) is 16.7 Å². The predicted octanol–water partition coefficient (Wildman–Crippen LogP) is 3.14. The third kappa shape index (κ3) is 3.93. The Bertz CT molecular complexity index is 1180. The van der Waals surface area contributed by atoms with Crippen molar-refractivity contribution in [2.24, 2.45) is 5.73 Å². The van der Waals surface area contributed by atoms with Crippen LogP contribution in [-0.2, 0) is 4.79 Å². The molecular formula is C22H18N4O3. The minimum Gasteiger partial charge on any atom is -0.483 e. The van der Waals surface area contributed by atoms with E-state index in [1.54, 1.807) is 30.6 Å². The number of rotatable bonds is 6. The van der Waals surface area contributed by atoms with E-state index in [9.17, 15) is 9.59 Å². The molecule has 0 saturated carbocycles. The zero-order chi connectivity index (χ0) is 20.2. The summed E-state index contributed by atoms with van der Waals surface area (Å²) in [5.74, 6) is -0.654. The third-order valence-corrected chi connectivity index (χ3v) is 4.36. The van der Waals surface area contributed by atoms with Crippen molar-refractivity contribution in [2.45, 2.75) is 0 Å².